The lowest BCUT2D eigenvalue weighted by molar-refractivity contribution is -0.126. The third kappa shape index (κ3) is 4.93. The average molecular weight is 308 g/mol. The summed E-state index contributed by atoms with van der Waals surface area (Å²) >= 11 is 1.62. The van der Waals surface area contributed by atoms with E-state index in [0.717, 1.165) is 19.3 Å². The van der Waals surface area contributed by atoms with Crippen molar-refractivity contribution in [1.29, 1.82) is 0 Å². The molecule has 0 aromatic carbocycles. The smallest absolute Gasteiger partial charge is 0.254 e. The van der Waals surface area contributed by atoms with Crippen LogP contribution in [0.25, 0.3) is 0 Å². The molecule has 0 spiro atoms. The van der Waals surface area contributed by atoms with E-state index in [1.165, 1.54) is 36.3 Å². The Balaban J connectivity index is 1.91. The lowest BCUT2D eigenvalue weighted by Gasteiger charge is -2.11. The first-order valence-electron chi connectivity index (χ1n) is 7.72. The van der Waals surface area contributed by atoms with Gasteiger partial charge in [-0.15, -0.1) is 17.9 Å². The Kier molecular flexibility index (Phi) is 6.39. The van der Waals surface area contributed by atoms with Crippen molar-refractivity contribution in [3.8, 4) is 0 Å². The lowest BCUT2D eigenvalue weighted by Crippen LogP contribution is -2.27. The number of anilines is 1. The number of nitrogens with one attached hydrogen (secondary N) is 1. The monoisotopic (exact) mass is 308 g/mol. The van der Waals surface area contributed by atoms with Crippen LogP contribution in [0.2, 0.25) is 0 Å². The number of hydrogen-bond donors (Lipinski definition) is 1. The van der Waals surface area contributed by atoms with Gasteiger partial charge in [-0.3, -0.25) is 10.1 Å². The Hall–Kier alpha value is -1.20. The maximum absolute atomic E-state index is 12.1. The van der Waals surface area contributed by atoms with E-state index in [-0.39, 0.29) is 5.91 Å². The normalized spacial score (nSPS) is 16.4. The van der Waals surface area contributed by atoms with Crippen molar-refractivity contribution in [3.05, 3.63) is 23.2 Å². The summed E-state index contributed by atoms with van der Waals surface area (Å²) in [6, 6.07) is 0. The Morgan fingerprint density at radius 3 is 2.95 bits per heavy atom. The second-order valence-corrected chi connectivity index (χ2v) is 6.47. The second kappa shape index (κ2) is 8.29. The molecular weight excluding hydrogens is 284 g/mol. The minimum atomic E-state index is -0.462. The van der Waals surface area contributed by atoms with Crippen molar-refractivity contribution in [2.75, 3.05) is 11.9 Å². The van der Waals surface area contributed by atoms with Gasteiger partial charge < -0.3 is 4.74 Å². The highest BCUT2D eigenvalue weighted by molar-refractivity contribution is 7.15. The van der Waals surface area contributed by atoms with Gasteiger partial charge in [-0.2, -0.15) is 0 Å². The third-order valence-corrected chi connectivity index (χ3v) is 4.71. The summed E-state index contributed by atoms with van der Waals surface area (Å²) in [6.45, 7) is 5.92. The zero-order valence-electron chi connectivity index (χ0n) is 12.7. The fraction of sp³-hybridized carbons (Fsp3) is 0.625. The zero-order valence-corrected chi connectivity index (χ0v) is 13.5. The van der Waals surface area contributed by atoms with Gasteiger partial charge in [0, 0.05) is 4.88 Å². The maximum Gasteiger partial charge on any atom is 0.254 e. The molecule has 2 rings (SSSR count). The van der Waals surface area contributed by atoms with Gasteiger partial charge in [-0.05, 0) is 39.0 Å². The van der Waals surface area contributed by atoms with Gasteiger partial charge in [0.05, 0.1) is 12.3 Å². The van der Waals surface area contributed by atoms with Gasteiger partial charge in [-0.25, -0.2) is 4.98 Å². The van der Waals surface area contributed by atoms with Gasteiger partial charge in [0.1, 0.15) is 6.10 Å². The number of nitrogens with zero attached hydrogens (tertiary/aromatic N) is 1. The van der Waals surface area contributed by atoms with Crippen molar-refractivity contribution in [2.24, 2.45) is 0 Å². The Morgan fingerprint density at radius 2 is 2.19 bits per heavy atom. The fourth-order valence-corrected chi connectivity index (χ4v) is 3.42. The van der Waals surface area contributed by atoms with Crippen molar-refractivity contribution < 1.29 is 9.53 Å². The predicted molar refractivity (Wildman–Crippen MR) is 86.8 cm³/mol. The number of amides is 1. The third-order valence-electron chi connectivity index (χ3n) is 3.63. The van der Waals surface area contributed by atoms with E-state index >= 15 is 0 Å². The first-order chi connectivity index (χ1) is 10.2. The van der Waals surface area contributed by atoms with Crippen molar-refractivity contribution in [3.63, 3.8) is 0 Å². The predicted octanol–water partition coefficient (Wildman–Crippen LogP) is 3.72. The summed E-state index contributed by atoms with van der Waals surface area (Å²) in [5.41, 5.74) is 1.18. The number of carbonyl (C=O) groups is 1. The minimum absolute atomic E-state index is 0.124. The molecule has 0 radical (unpaired) electrons. The Morgan fingerprint density at radius 1 is 1.43 bits per heavy atom. The van der Waals surface area contributed by atoms with E-state index in [2.05, 4.69) is 16.9 Å². The van der Waals surface area contributed by atoms with Crippen LogP contribution in [0.3, 0.4) is 0 Å². The van der Waals surface area contributed by atoms with Crippen LogP contribution in [0.1, 0.15) is 49.6 Å². The van der Waals surface area contributed by atoms with E-state index in [9.17, 15) is 4.79 Å². The summed E-state index contributed by atoms with van der Waals surface area (Å²) in [4.78, 5) is 18.0. The van der Waals surface area contributed by atoms with Gasteiger partial charge in [0.25, 0.3) is 5.91 Å². The molecule has 4 nitrogen and oxygen atoms in total. The fourth-order valence-electron chi connectivity index (χ4n) is 2.37. The molecule has 1 heterocycles. The van der Waals surface area contributed by atoms with Crippen LogP contribution in [-0.4, -0.2) is 23.6 Å². The van der Waals surface area contributed by atoms with Crippen LogP contribution >= 0.6 is 11.3 Å². The Labute approximate surface area is 130 Å². The molecule has 1 aliphatic carbocycles. The van der Waals surface area contributed by atoms with Gasteiger partial charge in [0.2, 0.25) is 0 Å². The van der Waals surface area contributed by atoms with E-state index in [4.69, 9.17) is 4.74 Å². The SMILES string of the molecule is C=CCCOC(C)C(=O)Nc1nc2c(s1)CCCCCC2. The van der Waals surface area contributed by atoms with Gasteiger partial charge >= 0.3 is 0 Å². The number of aryl methyl sites for hydroxylation is 2. The molecule has 1 N–H and O–H groups in total. The minimum Gasteiger partial charge on any atom is -0.368 e. The molecular formula is C16H24N2O2S. The van der Waals surface area contributed by atoms with Crippen LogP contribution < -0.4 is 5.32 Å². The highest BCUT2D eigenvalue weighted by Crippen LogP contribution is 2.28. The quantitative estimate of drug-likeness (QED) is 0.643. The Bertz CT molecular complexity index is 459. The van der Waals surface area contributed by atoms with Crippen LogP contribution in [0.15, 0.2) is 12.7 Å². The summed E-state index contributed by atoms with van der Waals surface area (Å²) in [5.74, 6) is -0.124. The van der Waals surface area contributed by atoms with Crippen molar-refractivity contribution in [2.45, 2.75) is 58.0 Å². The summed E-state index contributed by atoms with van der Waals surface area (Å²) in [6.07, 6.45) is 9.21. The molecule has 1 unspecified atom stereocenters. The van der Waals surface area contributed by atoms with E-state index in [0.29, 0.717) is 11.7 Å². The molecule has 0 saturated heterocycles. The molecule has 5 heteroatoms. The number of rotatable bonds is 6. The molecule has 116 valence electrons. The van der Waals surface area contributed by atoms with E-state index in [1.807, 2.05) is 0 Å². The highest BCUT2D eigenvalue weighted by atomic mass is 32.1. The molecule has 0 saturated carbocycles. The van der Waals surface area contributed by atoms with Crippen LogP contribution in [-0.2, 0) is 22.4 Å². The number of carbonyl (C=O) groups excluding carboxylic acids is 1. The summed E-state index contributed by atoms with van der Waals surface area (Å²) in [7, 11) is 0. The summed E-state index contributed by atoms with van der Waals surface area (Å²) in [5, 5.41) is 3.60. The number of ether oxygens (including phenoxy) is 1. The first-order valence-corrected chi connectivity index (χ1v) is 8.54. The standard InChI is InChI=1S/C16H24N2O2S/c1-3-4-11-20-12(2)15(19)18-16-17-13-9-7-5-6-8-10-14(13)21-16/h3,12H,1,4-11H2,2H3,(H,17,18,19). The first kappa shape index (κ1) is 16.2. The van der Waals surface area contributed by atoms with Gasteiger partial charge in [-0.1, -0.05) is 18.9 Å². The number of thiazole rings is 1. The van der Waals surface area contributed by atoms with Crippen molar-refractivity contribution >= 4 is 22.4 Å². The number of hydrogen-bond acceptors (Lipinski definition) is 4. The zero-order chi connectivity index (χ0) is 15.1. The van der Waals surface area contributed by atoms with Gasteiger partial charge in [0.15, 0.2) is 5.13 Å². The molecule has 1 aliphatic rings. The molecule has 0 bridgehead atoms. The average Bonchev–Trinajstić information content (AvgIpc) is 2.80. The topological polar surface area (TPSA) is 51.2 Å². The number of aromatic nitrogens is 1. The van der Waals surface area contributed by atoms with Crippen LogP contribution in [0, 0.1) is 0 Å². The van der Waals surface area contributed by atoms with Crippen molar-refractivity contribution in [1.82, 2.24) is 4.98 Å². The van der Waals surface area contributed by atoms with Crippen LogP contribution in [0.5, 0.6) is 0 Å². The highest BCUT2D eigenvalue weighted by Gasteiger charge is 2.18. The maximum atomic E-state index is 12.1. The van der Waals surface area contributed by atoms with Crippen LogP contribution in [0.4, 0.5) is 5.13 Å². The number of fused-ring (bicyclic) bond motifs is 1. The molecule has 21 heavy (non-hydrogen) atoms. The summed E-state index contributed by atoms with van der Waals surface area (Å²) < 4.78 is 5.45. The van der Waals surface area contributed by atoms with E-state index < -0.39 is 6.10 Å². The lowest BCUT2D eigenvalue weighted by atomic mass is 10.0. The molecule has 1 atom stereocenters. The second-order valence-electron chi connectivity index (χ2n) is 5.38. The van der Waals surface area contributed by atoms with E-state index in [1.54, 1.807) is 24.3 Å². The molecule has 0 fully saturated rings. The molecule has 1 aromatic heterocycles. The molecule has 1 aromatic rings. The largest absolute Gasteiger partial charge is 0.368 e. The molecule has 0 aliphatic heterocycles. The molecule has 1 amide bonds.